The summed E-state index contributed by atoms with van der Waals surface area (Å²) in [5.74, 6) is 1.38. The van der Waals surface area contributed by atoms with Gasteiger partial charge in [0.25, 0.3) is 0 Å². The number of esters is 2. The lowest BCUT2D eigenvalue weighted by molar-refractivity contribution is 0.0681. The minimum atomic E-state index is -0.675. The van der Waals surface area contributed by atoms with Crippen LogP contribution in [0.1, 0.15) is 139 Å². The van der Waals surface area contributed by atoms with Gasteiger partial charge in [-0.05, 0) is 74.9 Å². The van der Waals surface area contributed by atoms with Crippen molar-refractivity contribution in [1.82, 2.24) is 0 Å². The van der Waals surface area contributed by atoms with Crippen molar-refractivity contribution in [1.29, 1.82) is 0 Å². The molecule has 0 amide bonds. The van der Waals surface area contributed by atoms with Crippen molar-refractivity contribution in [3.63, 3.8) is 0 Å². The lowest BCUT2D eigenvalue weighted by Crippen LogP contribution is -2.14. The van der Waals surface area contributed by atoms with E-state index in [1.54, 1.807) is 48.5 Å². The molecule has 0 radical (unpaired) electrons. The molecule has 0 aromatic heterocycles. The summed E-state index contributed by atoms with van der Waals surface area (Å²) in [6, 6.07) is 13.0. The van der Waals surface area contributed by atoms with Gasteiger partial charge in [0.15, 0.2) is 34.5 Å². The van der Waals surface area contributed by atoms with Gasteiger partial charge in [0, 0.05) is 0 Å². The average Bonchev–Trinajstić information content (AvgIpc) is 3.17. The fraction of sp³-hybridized carbons (Fsp3) is 0.545. The lowest BCUT2D eigenvalue weighted by atomic mass is 10.1. The molecule has 0 saturated carbocycles. The predicted molar refractivity (Wildman–Crippen MR) is 212 cm³/mol. The molecule has 0 spiro atoms. The second kappa shape index (κ2) is 25.4. The first-order valence-corrected chi connectivity index (χ1v) is 20.1. The molecule has 0 aliphatic rings. The summed E-state index contributed by atoms with van der Waals surface area (Å²) in [7, 11) is 0. The third-order valence-electron chi connectivity index (χ3n) is 8.28. The summed E-state index contributed by atoms with van der Waals surface area (Å²) in [5, 5.41) is 0. The first-order chi connectivity index (χ1) is 26.4. The van der Waals surface area contributed by atoms with Gasteiger partial charge in [0.05, 0.1) is 50.8 Å². The molecule has 0 atom stereocenters. The molecule has 3 rings (SSSR count). The van der Waals surface area contributed by atoms with Crippen LogP contribution in [0.15, 0.2) is 48.5 Å². The van der Waals surface area contributed by atoms with Gasteiger partial charge in [-0.1, -0.05) is 92.2 Å². The lowest BCUT2D eigenvalue weighted by Gasteiger charge is -2.19. The van der Waals surface area contributed by atoms with E-state index in [9.17, 15) is 9.59 Å². The van der Waals surface area contributed by atoms with E-state index in [0.29, 0.717) is 74.1 Å². The monoisotopic (exact) mass is 750 g/mol. The van der Waals surface area contributed by atoms with E-state index < -0.39 is 11.9 Å². The third kappa shape index (κ3) is 14.3. The van der Waals surface area contributed by atoms with Crippen LogP contribution in [0.5, 0.6) is 46.0 Å². The largest absolute Gasteiger partial charge is 0.490 e. The number of para-hydroxylation sites is 2. The summed E-state index contributed by atoms with van der Waals surface area (Å²) in [5.41, 5.74) is 0.414. The van der Waals surface area contributed by atoms with E-state index in [-0.39, 0.29) is 22.6 Å². The van der Waals surface area contributed by atoms with Crippen LogP contribution in [0.3, 0.4) is 0 Å². The fourth-order valence-corrected chi connectivity index (χ4v) is 4.98. The third-order valence-corrected chi connectivity index (χ3v) is 8.28. The molecule has 0 fully saturated rings. The Morgan fingerprint density at radius 2 is 0.648 bits per heavy atom. The summed E-state index contributed by atoms with van der Waals surface area (Å²) in [4.78, 5) is 27.6. The molecule has 3 aromatic carbocycles. The molecule has 0 heterocycles. The first-order valence-electron chi connectivity index (χ1n) is 20.1. The number of ether oxygens (including phenoxy) is 8. The number of hydrogen-bond acceptors (Lipinski definition) is 10. The van der Waals surface area contributed by atoms with Crippen molar-refractivity contribution in [2.24, 2.45) is 0 Å². The normalized spacial score (nSPS) is 10.8. The Hall–Kier alpha value is -4.60. The number of benzene rings is 3. The van der Waals surface area contributed by atoms with Crippen LogP contribution in [0.25, 0.3) is 0 Å². The van der Waals surface area contributed by atoms with Crippen LogP contribution >= 0.6 is 0 Å². The van der Waals surface area contributed by atoms with E-state index in [2.05, 4.69) is 41.5 Å². The van der Waals surface area contributed by atoms with Gasteiger partial charge in [0.2, 0.25) is 11.5 Å². The Labute approximate surface area is 322 Å². The smallest absolute Gasteiger partial charge is 0.343 e. The van der Waals surface area contributed by atoms with E-state index in [0.717, 1.165) is 77.0 Å². The van der Waals surface area contributed by atoms with Crippen LogP contribution in [0.2, 0.25) is 0 Å². The van der Waals surface area contributed by atoms with Crippen molar-refractivity contribution in [3.8, 4) is 46.0 Å². The van der Waals surface area contributed by atoms with Crippen molar-refractivity contribution < 1.29 is 47.5 Å². The molecule has 0 saturated heterocycles. The van der Waals surface area contributed by atoms with Gasteiger partial charge in [-0.25, -0.2) is 9.59 Å². The van der Waals surface area contributed by atoms with E-state index in [1.165, 1.54) is 0 Å². The maximum Gasteiger partial charge on any atom is 0.343 e. The Balaban J connectivity index is 1.95. The molecule has 0 unspecified atom stereocenters. The van der Waals surface area contributed by atoms with E-state index in [4.69, 9.17) is 37.9 Å². The van der Waals surface area contributed by atoms with Crippen LogP contribution in [-0.2, 0) is 0 Å². The first kappa shape index (κ1) is 43.8. The molecule has 54 heavy (non-hydrogen) atoms. The van der Waals surface area contributed by atoms with Crippen molar-refractivity contribution >= 4 is 11.9 Å². The molecular formula is C44H62O10. The summed E-state index contributed by atoms with van der Waals surface area (Å²) >= 11 is 0. The van der Waals surface area contributed by atoms with Gasteiger partial charge >= 0.3 is 11.9 Å². The minimum absolute atomic E-state index is 0.0689. The molecule has 0 N–H and O–H groups in total. The molecule has 298 valence electrons. The minimum Gasteiger partial charge on any atom is -0.490 e. The topological polar surface area (TPSA) is 108 Å². The SMILES string of the molecule is CCCCOc1cc(C(=O)Oc2ccccc2OC(=O)c2cc(OCCCC)c(OCCCC)c(OCCCC)c2)cc(OCCCC)c1OCCCC. The summed E-state index contributed by atoms with van der Waals surface area (Å²) in [6.07, 6.45) is 10.8. The van der Waals surface area contributed by atoms with E-state index >= 15 is 0 Å². The summed E-state index contributed by atoms with van der Waals surface area (Å²) < 4.78 is 48.6. The van der Waals surface area contributed by atoms with Gasteiger partial charge in [-0.15, -0.1) is 0 Å². The predicted octanol–water partition coefficient (Wildman–Crippen LogP) is 11.2. The molecule has 10 heteroatoms. The molecular weight excluding hydrogens is 688 g/mol. The Bertz CT molecular complexity index is 1380. The zero-order valence-electron chi connectivity index (χ0n) is 33.4. The number of unbranched alkanes of at least 4 members (excludes halogenated alkanes) is 6. The molecule has 0 bridgehead atoms. The standard InChI is InChI=1S/C44H62O10/c1-7-13-23-47-37-29-33(30-38(48-24-14-8-2)41(37)51-27-17-11-5)43(45)53-35-21-19-20-22-36(35)54-44(46)34-31-39(49-25-15-9-3)42(52-28-18-12-6)40(32-34)50-26-16-10-4/h19-22,29-32H,7-18,23-28H2,1-6H3. The van der Waals surface area contributed by atoms with Gasteiger partial charge in [0.1, 0.15) is 0 Å². The fourth-order valence-electron chi connectivity index (χ4n) is 4.98. The van der Waals surface area contributed by atoms with Crippen molar-refractivity contribution in [2.45, 2.75) is 119 Å². The number of carbonyl (C=O) groups is 2. The quantitative estimate of drug-likeness (QED) is 0.0404. The second-order valence-electron chi connectivity index (χ2n) is 13.0. The van der Waals surface area contributed by atoms with Gasteiger partial charge in [-0.2, -0.15) is 0 Å². The Morgan fingerprint density at radius 3 is 0.907 bits per heavy atom. The average molecular weight is 751 g/mol. The van der Waals surface area contributed by atoms with Crippen LogP contribution in [-0.4, -0.2) is 51.6 Å². The highest BCUT2D eigenvalue weighted by atomic mass is 16.6. The molecule has 0 aliphatic heterocycles. The highest BCUT2D eigenvalue weighted by Crippen LogP contribution is 2.42. The zero-order valence-corrected chi connectivity index (χ0v) is 33.4. The highest BCUT2D eigenvalue weighted by Gasteiger charge is 2.24. The molecule has 10 nitrogen and oxygen atoms in total. The Morgan fingerprint density at radius 1 is 0.389 bits per heavy atom. The van der Waals surface area contributed by atoms with Crippen LogP contribution < -0.4 is 37.9 Å². The maximum absolute atomic E-state index is 13.8. The van der Waals surface area contributed by atoms with E-state index in [1.807, 2.05) is 0 Å². The zero-order chi connectivity index (χ0) is 39.0. The number of carbonyl (C=O) groups excluding carboxylic acids is 2. The molecule has 3 aromatic rings. The van der Waals surface area contributed by atoms with Crippen LogP contribution in [0, 0.1) is 0 Å². The Kier molecular flexibility index (Phi) is 20.6. The van der Waals surface area contributed by atoms with Gasteiger partial charge in [-0.3, -0.25) is 0 Å². The molecule has 0 aliphatic carbocycles. The van der Waals surface area contributed by atoms with Gasteiger partial charge < -0.3 is 37.9 Å². The highest BCUT2D eigenvalue weighted by molar-refractivity contribution is 5.95. The number of rotatable bonds is 28. The van der Waals surface area contributed by atoms with Crippen molar-refractivity contribution in [2.75, 3.05) is 39.6 Å². The van der Waals surface area contributed by atoms with Crippen LogP contribution in [0.4, 0.5) is 0 Å². The maximum atomic E-state index is 13.8. The summed E-state index contributed by atoms with van der Waals surface area (Å²) in [6.45, 7) is 15.3. The second-order valence-corrected chi connectivity index (χ2v) is 13.0. The van der Waals surface area contributed by atoms with Crippen molar-refractivity contribution in [3.05, 3.63) is 59.7 Å². The number of hydrogen-bond donors (Lipinski definition) is 0.